The number of alkyl halides is 1. The number of morpholine rings is 1. The maximum atomic E-state index is 12.9. The van der Waals surface area contributed by atoms with Crippen molar-refractivity contribution in [3.05, 3.63) is 0 Å². The van der Waals surface area contributed by atoms with E-state index in [9.17, 15) is 8.42 Å². The van der Waals surface area contributed by atoms with E-state index in [0.717, 1.165) is 12.8 Å². The van der Waals surface area contributed by atoms with Crippen molar-refractivity contribution in [2.75, 3.05) is 32.1 Å². The van der Waals surface area contributed by atoms with Gasteiger partial charge in [-0.25, -0.2) is 0 Å². The highest BCUT2D eigenvalue weighted by molar-refractivity contribution is 7.86. The Bertz CT molecular complexity index is 463. The summed E-state index contributed by atoms with van der Waals surface area (Å²) in [6.45, 7) is 9.66. The molecule has 2 aliphatic rings. The van der Waals surface area contributed by atoms with Gasteiger partial charge >= 0.3 is 0 Å². The van der Waals surface area contributed by atoms with Crippen LogP contribution in [0, 0.1) is 5.92 Å². The second-order valence-corrected chi connectivity index (χ2v) is 9.65. The molecule has 0 bridgehead atoms. The van der Waals surface area contributed by atoms with E-state index in [1.807, 2.05) is 27.7 Å². The minimum absolute atomic E-state index is 0.261. The Morgan fingerprint density at radius 1 is 1.14 bits per heavy atom. The molecule has 0 saturated carbocycles. The summed E-state index contributed by atoms with van der Waals surface area (Å²) in [4.78, 5) is 0. The van der Waals surface area contributed by atoms with Crippen molar-refractivity contribution in [3.63, 3.8) is 0 Å². The Balaban J connectivity index is 2.18. The molecule has 0 N–H and O–H groups in total. The molecule has 1 atom stereocenters. The molecule has 1 unspecified atom stereocenters. The summed E-state index contributed by atoms with van der Waals surface area (Å²) in [7, 11) is -3.44. The summed E-state index contributed by atoms with van der Waals surface area (Å²) in [6, 6.07) is 0. The molecule has 2 rings (SSSR count). The predicted molar refractivity (Wildman–Crippen MR) is 84.8 cm³/mol. The van der Waals surface area contributed by atoms with Crippen molar-refractivity contribution >= 4 is 21.8 Å². The lowest BCUT2D eigenvalue weighted by Gasteiger charge is -2.47. The number of ether oxygens (including phenoxy) is 1. The zero-order chi connectivity index (χ0) is 15.9. The van der Waals surface area contributed by atoms with Gasteiger partial charge in [0.15, 0.2) is 0 Å². The summed E-state index contributed by atoms with van der Waals surface area (Å²) in [5.74, 6) is 0.781. The van der Waals surface area contributed by atoms with E-state index in [-0.39, 0.29) is 5.92 Å². The molecule has 0 radical (unpaired) electrons. The molecule has 0 amide bonds. The van der Waals surface area contributed by atoms with E-state index >= 15 is 0 Å². The van der Waals surface area contributed by atoms with E-state index in [4.69, 9.17) is 16.3 Å². The quantitative estimate of drug-likeness (QED) is 0.740. The van der Waals surface area contributed by atoms with E-state index in [2.05, 4.69) is 0 Å². The van der Waals surface area contributed by atoms with Crippen molar-refractivity contribution in [1.82, 2.24) is 8.61 Å². The van der Waals surface area contributed by atoms with Crippen molar-refractivity contribution < 1.29 is 13.2 Å². The number of rotatable bonds is 3. The molecule has 0 aromatic rings. The van der Waals surface area contributed by atoms with E-state index in [0.29, 0.717) is 32.1 Å². The maximum absolute atomic E-state index is 12.9. The number of hydrogen-bond donors (Lipinski definition) is 0. The monoisotopic (exact) mass is 338 g/mol. The van der Waals surface area contributed by atoms with Crippen LogP contribution in [0.25, 0.3) is 0 Å². The molecule has 5 nitrogen and oxygen atoms in total. The summed E-state index contributed by atoms with van der Waals surface area (Å²) in [6.07, 6.45) is 1.89. The Morgan fingerprint density at radius 2 is 1.71 bits per heavy atom. The van der Waals surface area contributed by atoms with Crippen molar-refractivity contribution in [3.8, 4) is 0 Å². The number of halogens is 1. The van der Waals surface area contributed by atoms with Gasteiger partial charge in [-0.15, -0.1) is 11.6 Å². The molecular weight excluding hydrogens is 312 g/mol. The Hall–Kier alpha value is 0.120. The predicted octanol–water partition coefficient (Wildman–Crippen LogP) is 2.07. The fourth-order valence-electron chi connectivity index (χ4n) is 3.41. The molecular formula is C14H27ClN2O3S. The van der Waals surface area contributed by atoms with Crippen LogP contribution >= 0.6 is 11.6 Å². The normalized spacial score (nSPS) is 31.2. The van der Waals surface area contributed by atoms with Crippen LogP contribution < -0.4 is 0 Å². The SMILES string of the molecule is CC1(C)CN(S(=O)(=O)N2CCCC(CCl)C2)CC(C)(C)O1. The average molecular weight is 339 g/mol. The molecule has 2 saturated heterocycles. The fourth-order valence-corrected chi connectivity index (χ4v) is 5.69. The first kappa shape index (κ1) is 17.5. The van der Waals surface area contributed by atoms with E-state index < -0.39 is 21.4 Å². The summed E-state index contributed by atoms with van der Waals surface area (Å²) in [5.41, 5.74) is -0.951. The summed E-state index contributed by atoms with van der Waals surface area (Å²) < 4.78 is 35.0. The summed E-state index contributed by atoms with van der Waals surface area (Å²) in [5, 5.41) is 0. The molecule has 0 aromatic carbocycles. The molecule has 2 heterocycles. The highest BCUT2D eigenvalue weighted by atomic mass is 35.5. The number of piperidine rings is 1. The van der Waals surface area contributed by atoms with Crippen molar-refractivity contribution in [1.29, 1.82) is 0 Å². The largest absolute Gasteiger partial charge is 0.367 e. The van der Waals surface area contributed by atoms with Crippen molar-refractivity contribution in [2.24, 2.45) is 5.92 Å². The van der Waals surface area contributed by atoms with Crippen LogP contribution in [-0.4, -0.2) is 60.3 Å². The lowest BCUT2D eigenvalue weighted by atomic mass is 10.0. The van der Waals surface area contributed by atoms with Crippen LogP contribution in [0.5, 0.6) is 0 Å². The first-order valence-corrected chi connectivity index (χ1v) is 9.50. The third-order valence-corrected chi connectivity index (χ3v) is 6.35. The minimum atomic E-state index is -3.44. The first-order chi connectivity index (χ1) is 9.56. The Kier molecular flexibility index (Phi) is 4.96. The lowest BCUT2D eigenvalue weighted by Crippen LogP contribution is -2.61. The molecule has 0 aliphatic carbocycles. The topological polar surface area (TPSA) is 49.9 Å². The van der Waals surface area contributed by atoms with Gasteiger partial charge < -0.3 is 4.74 Å². The zero-order valence-electron chi connectivity index (χ0n) is 13.4. The van der Waals surface area contributed by atoms with Crippen LogP contribution in [0.2, 0.25) is 0 Å². The second kappa shape index (κ2) is 5.96. The van der Waals surface area contributed by atoms with Gasteiger partial charge in [0.25, 0.3) is 10.2 Å². The molecule has 21 heavy (non-hydrogen) atoms. The standard InChI is InChI=1S/C14H27ClN2O3S/c1-13(2)10-17(11-14(3,4)20-13)21(18,19)16-7-5-6-12(8-15)9-16/h12H,5-11H2,1-4H3. The number of nitrogens with zero attached hydrogens (tertiary/aromatic N) is 2. The van der Waals surface area contributed by atoms with Gasteiger partial charge in [0.05, 0.1) is 11.2 Å². The zero-order valence-corrected chi connectivity index (χ0v) is 15.0. The highest BCUT2D eigenvalue weighted by Gasteiger charge is 2.45. The third kappa shape index (κ3) is 4.10. The van der Waals surface area contributed by atoms with Crippen LogP contribution in [0.4, 0.5) is 0 Å². The van der Waals surface area contributed by atoms with Crippen molar-refractivity contribution in [2.45, 2.75) is 51.7 Å². The van der Waals surface area contributed by atoms with Gasteiger partial charge in [0.2, 0.25) is 0 Å². The lowest BCUT2D eigenvalue weighted by molar-refractivity contribution is -0.164. The molecule has 2 fully saturated rings. The van der Waals surface area contributed by atoms with Gasteiger partial charge in [-0.1, -0.05) is 0 Å². The van der Waals surface area contributed by atoms with E-state index in [1.54, 1.807) is 8.61 Å². The molecule has 124 valence electrons. The van der Waals surface area contributed by atoms with Crippen LogP contribution in [0.1, 0.15) is 40.5 Å². The van der Waals surface area contributed by atoms with Gasteiger partial charge in [-0.05, 0) is 46.5 Å². The van der Waals surface area contributed by atoms with Crippen LogP contribution in [-0.2, 0) is 14.9 Å². The van der Waals surface area contributed by atoms with Crippen LogP contribution in [0.15, 0.2) is 0 Å². The smallest absolute Gasteiger partial charge is 0.282 e. The molecule has 2 aliphatic heterocycles. The van der Waals surface area contributed by atoms with Crippen LogP contribution in [0.3, 0.4) is 0 Å². The van der Waals surface area contributed by atoms with Gasteiger partial charge in [-0.3, -0.25) is 0 Å². The molecule has 0 aromatic heterocycles. The fraction of sp³-hybridized carbons (Fsp3) is 1.00. The summed E-state index contributed by atoms with van der Waals surface area (Å²) >= 11 is 5.92. The van der Waals surface area contributed by atoms with Gasteiger partial charge in [0, 0.05) is 32.1 Å². The highest BCUT2D eigenvalue weighted by Crippen LogP contribution is 2.31. The first-order valence-electron chi connectivity index (χ1n) is 7.57. The average Bonchev–Trinajstić information content (AvgIpc) is 2.35. The molecule has 0 spiro atoms. The van der Waals surface area contributed by atoms with Gasteiger partial charge in [-0.2, -0.15) is 17.0 Å². The molecule has 7 heteroatoms. The Morgan fingerprint density at radius 3 is 2.24 bits per heavy atom. The third-order valence-electron chi connectivity index (χ3n) is 4.02. The minimum Gasteiger partial charge on any atom is -0.367 e. The second-order valence-electron chi connectivity index (χ2n) is 7.42. The Labute approximate surface area is 133 Å². The maximum Gasteiger partial charge on any atom is 0.282 e. The van der Waals surface area contributed by atoms with E-state index in [1.165, 1.54) is 0 Å². The number of hydrogen-bond acceptors (Lipinski definition) is 3. The van der Waals surface area contributed by atoms with Gasteiger partial charge in [0.1, 0.15) is 0 Å².